The molecule has 2 rings (SSSR count). The van der Waals surface area contributed by atoms with Gasteiger partial charge in [0.25, 0.3) is 0 Å². The molecular weight excluding hydrogens is 293 g/mol. The summed E-state index contributed by atoms with van der Waals surface area (Å²) >= 11 is 0. The zero-order valence-corrected chi connectivity index (χ0v) is 14.4. The van der Waals surface area contributed by atoms with Crippen LogP contribution in [-0.4, -0.2) is 12.0 Å². The van der Waals surface area contributed by atoms with E-state index in [1.807, 2.05) is 19.1 Å². The number of benzene rings is 1. The summed E-state index contributed by atoms with van der Waals surface area (Å²) in [6, 6.07) is 8.42. The fourth-order valence-corrected chi connectivity index (χ4v) is 1.60. The van der Waals surface area contributed by atoms with Crippen LogP contribution >= 0.6 is 0 Å². The SMILES string of the molecule is Cc1cccnc1COc1ccc([B-](F)(F)F)cc1.[K+]. The number of rotatable bonds is 4. The molecule has 0 saturated heterocycles. The first-order chi connectivity index (χ1) is 8.97. The Hall–Kier alpha value is -0.339. The smallest absolute Gasteiger partial charge is 0.487 e. The molecule has 100 valence electrons. The van der Waals surface area contributed by atoms with Gasteiger partial charge in [-0.25, -0.2) is 0 Å². The number of halogens is 3. The van der Waals surface area contributed by atoms with Gasteiger partial charge in [0.05, 0.1) is 5.69 Å². The number of ether oxygens (including phenoxy) is 1. The van der Waals surface area contributed by atoms with E-state index in [0.717, 1.165) is 23.4 Å². The van der Waals surface area contributed by atoms with Crippen LogP contribution in [0.5, 0.6) is 5.75 Å². The monoisotopic (exact) mass is 305 g/mol. The summed E-state index contributed by atoms with van der Waals surface area (Å²) in [5, 5.41) is 0. The Morgan fingerprint density at radius 1 is 1.10 bits per heavy atom. The van der Waals surface area contributed by atoms with Gasteiger partial charge in [0.2, 0.25) is 0 Å². The predicted molar refractivity (Wildman–Crippen MR) is 68.5 cm³/mol. The standard InChI is InChI=1S/C13H12BF3NO.K/c1-10-3-2-8-18-13(10)9-19-12-6-4-11(5-7-12)14(15,16)17;/h2-8H,9H2,1H3;/q-1;+1. The van der Waals surface area contributed by atoms with E-state index in [-0.39, 0.29) is 58.0 Å². The van der Waals surface area contributed by atoms with E-state index in [0.29, 0.717) is 5.75 Å². The summed E-state index contributed by atoms with van der Waals surface area (Å²) in [5.74, 6) is 0.397. The molecule has 0 aliphatic rings. The van der Waals surface area contributed by atoms with Gasteiger partial charge in [-0.05, 0) is 30.7 Å². The van der Waals surface area contributed by atoms with Gasteiger partial charge >= 0.3 is 58.4 Å². The van der Waals surface area contributed by atoms with Gasteiger partial charge in [0.1, 0.15) is 12.4 Å². The summed E-state index contributed by atoms with van der Waals surface area (Å²) in [4.78, 5) is 4.15. The van der Waals surface area contributed by atoms with Crippen molar-refractivity contribution in [2.45, 2.75) is 13.5 Å². The van der Waals surface area contributed by atoms with Crippen molar-refractivity contribution in [2.24, 2.45) is 0 Å². The minimum Gasteiger partial charge on any atom is -0.487 e. The van der Waals surface area contributed by atoms with Crippen LogP contribution in [0.1, 0.15) is 11.3 Å². The molecule has 0 amide bonds. The van der Waals surface area contributed by atoms with Crippen LogP contribution in [0.4, 0.5) is 12.9 Å². The number of nitrogens with zero attached hydrogens (tertiary/aromatic N) is 1. The van der Waals surface area contributed by atoms with Crippen molar-refractivity contribution in [1.82, 2.24) is 4.98 Å². The Morgan fingerprint density at radius 3 is 2.30 bits per heavy atom. The van der Waals surface area contributed by atoms with Gasteiger partial charge in [-0.2, -0.15) is 0 Å². The molecule has 2 aromatic rings. The van der Waals surface area contributed by atoms with E-state index in [1.54, 1.807) is 6.20 Å². The first-order valence-corrected chi connectivity index (χ1v) is 5.80. The Bertz CT molecular complexity index is 560. The summed E-state index contributed by atoms with van der Waals surface area (Å²) < 4.78 is 42.7. The maximum Gasteiger partial charge on any atom is 1.00 e. The third-order valence-electron chi connectivity index (χ3n) is 2.75. The predicted octanol–water partition coefficient (Wildman–Crippen LogP) is 0.0274. The molecule has 0 unspecified atom stereocenters. The van der Waals surface area contributed by atoms with Crippen molar-refractivity contribution in [1.29, 1.82) is 0 Å². The van der Waals surface area contributed by atoms with Crippen molar-refractivity contribution in [3.8, 4) is 5.75 Å². The average Bonchev–Trinajstić information content (AvgIpc) is 2.37. The topological polar surface area (TPSA) is 22.1 Å². The second-order valence-electron chi connectivity index (χ2n) is 4.20. The van der Waals surface area contributed by atoms with Crippen LogP contribution in [0.2, 0.25) is 0 Å². The van der Waals surface area contributed by atoms with Gasteiger partial charge in [-0.15, -0.1) is 5.46 Å². The first kappa shape index (κ1) is 17.7. The largest absolute Gasteiger partial charge is 1.00 e. The molecule has 0 aliphatic carbocycles. The van der Waals surface area contributed by atoms with Gasteiger partial charge < -0.3 is 17.7 Å². The number of aromatic nitrogens is 1. The zero-order chi connectivity index (χ0) is 13.9. The van der Waals surface area contributed by atoms with Crippen molar-refractivity contribution in [3.63, 3.8) is 0 Å². The molecule has 0 atom stereocenters. The molecule has 0 bridgehead atoms. The maximum atomic E-state index is 12.4. The fraction of sp³-hybridized carbons (Fsp3) is 0.154. The molecule has 2 nitrogen and oxygen atoms in total. The normalized spacial score (nSPS) is 10.8. The summed E-state index contributed by atoms with van der Waals surface area (Å²) in [7, 11) is 0. The third kappa shape index (κ3) is 4.89. The van der Waals surface area contributed by atoms with Crippen LogP contribution in [0, 0.1) is 6.92 Å². The molecule has 0 fully saturated rings. The fourth-order valence-electron chi connectivity index (χ4n) is 1.60. The first-order valence-electron chi connectivity index (χ1n) is 5.80. The van der Waals surface area contributed by atoms with Gasteiger partial charge in [0, 0.05) is 6.20 Å². The number of aryl methyl sites for hydroxylation is 1. The van der Waals surface area contributed by atoms with E-state index in [2.05, 4.69) is 4.98 Å². The summed E-state index contributed by atoms with van der Waals surface area (Å²) in [5.41, 5.74) is 1.13. The van der Waals surface area contributed by atoms with Crippen molar-refractivity contribution < 1.29 is 69.1 Å². The van der Waals surface area contributed by atoms with Gasteiger partial charge in [0.15, 0.2) is 0 Å². The van der Waals surface area contributed by atoms with E-state index >= 15 is 0 Å². The minimum atomic E-state index is -4.95. The Labute approximate surface area is 158 Å². The number of hydrogen-bond donors (Lipinski definition) is 0. The summed E-state index contributed by atoms with van der Waals surface area (Å²) in [6.45, 7) is -2.81. The molecule has 1 aromatic heterocycles. The Kier molecular flexibility index (Phi) is 6.74. The minimum absolute atomic E-state index is 0. The van der Waals surface area contributed by atoms with Crippen molar-refractivity contribution in [3.05, 3.63) is 53.9 Å². The van der Waals surface area contributed by atoms with Crippen LogP contribution < -0.4 is 61.6 Å². The van der Waals surface area contributed by atoms with Crippen LogP contribution in [0.3, 0.4) is 0 Å². The van der Waals surface area contributed by atoms with Gasteiger partial charge in [-0.1, -0.05) is 18.2 Å². The number of pyridine rings is 1. The van der Waals surface area contributed by atoms with E-state index in [1.165, 1.54) is 12.1 Å². The Balaban J connectivity index is 0.00000200. The van der Waals surface area contributed by atoms with Gasteiger partial charge in [-0.3, -0.25) is 4.98 Å². The van der Waals surface area contributed by atoms with Crippen molar-refractivity contribution in [2.75, 3.05) is 0 Å². The van der Waals surface area contributed by atoms with Crippen molar-refractivity contribution >= 4 is 12.4 Å². The van der Waals surface area contributed by atoms with E-state index in [4.69, 9.17) is 4.74 Å². The quantitative estimate of drug-likeness (QED) is 0.744. The molecule has 7 heteroatoms. The zero-order valence-electron chi connectivity index (χ0n) is 11.3. The number of hydrogen-bond acceptors (Lipinski definition) is 2. The maximum absolute atomic E-state index is 12.4. The molecule has 0 spiro atoms. The average molecular weight is 305 g/mol. The third-order valence-corrected chi connectivity index (χ3v) is 2.75. The molecule has 20 heavy (non-hydrogen) atoms. The Morgan fingerprint density at radius 2 is 1.75 bits per heavy atom. The van der Waals surface area contributed by atoms with E-state index < -0.39 is 12.4 Å². The molecule has 0 radical (unpaired) electrons. The molecule has 0 aliphatic heterocycles. The molecule has 0 N–H and O–H groups in total. The molecule has 1 aromatic carbocycles. The molecule has 1 heterocycles. The van der Waals surface area contributed by atoms with Crippen LogP contribution in [0.25, 0.3) is 0 Å². The summed E-state index contributed by atoms with van der Waals surface area (Å²) in [6.07, 6.45) is 1.65. The van der Waals surface area contributed by atoms with Crippen LogP contribution in [0.15, 0.2) is 42.6 Å². The molecule has 0 saturated carbocycles. The van der Waals surface area contributed by atoms with E-state index in [9.17, 15) is 12.9 Å². The second-order valence-corrected chi connectivity index (χ2v) is 4.20. The molecular formula is C13H12BF3KNO. The second kappa shape index (κ2) is 7.61. The van der Waals surface area contributed by atoms with Crippen LogP contribution in [-0.2, 0) is 6.61 Å².